The van der Waals surface area contributed by atoms with Gasteiger partial charge in [0.2, 0.25) is 0 Å². The lowest BCUT2D eigenvalue weighted by Gasteiger charge is -2.14. The van der Waals surface area contributed by atoms with Gasteiger partial charge in [0.15, 0.2) is 5.82 Å². The van der Waals surface area contributed by atoms with Crippen molar-refractivity contribution in [3.8, 4) is 56.3 Å². The molecule has 0 radical (unpaired) electrons. The van der Waals surface area contributed by atoms with Crippen LogP contribution in [0.5, 0.6) is 0 Å². The Hall–Kier alpha value is -6.11. The highest BCUT2D eigenvalue weighted by Gasteiger charge is 2.20. The van der Waals surface area contributed by atoms with E-state index in [-0.39, 0.29) is 0 Å². The first kappa shape index (κ1) is 29.1. The molecule has 49 heavy (non-hydrogen) atoms. The summed E-state index contributed by atoms with van der Waals surface area (Å²) in [5.74, 6) is 0.695. The molecule has 0 N–H and O–H groups in total. The summed E-state index contributed by atoms with van der Waals surface area (Å²) in [6.45, 7) is 4.19. The fraction of sp³-hybridized carbons (Fsp3) is 0.0465. The second-order valence-corrected chi connectivity index (χ2v) is 13.0. The molecule has 0 fully saturated rings. The van der Waals surface area contributed by atoms with Crippen LogP contribution < -0.4 is 0 Å². The van der Waals surface area contributed by atoms with Crippen LogP contribution >= 0.6 is 11.7 Å². The van der Waals surface area contributed by atoms with Gasteiger partial charge in [0, 0.05) is 44.0 Å². The summed E-state index contributed by atoms with van der Waals surface area (Å²) in [6.07, 6.45) is 0. The highest BCUT2D eigenvalue weighted by molar-refractivity contribution is 7.00. The van der Waals surface area contributed by atoms with Crippen LogP contribution in [0.1, 0.15) is 11.1 Å². The van der Waals surface area contributed by atoms with Gasteiger partial charge in [-0.3, -0.25) is 0 Å². The van der Waals surface area contributed by atoms with Gasteiger partial charge in [0.05, 0.1) is 34.3 Å². The zero-order valence-electron chi connectivity index (χ0n) is 26.9. The van der Waals surface area contributed by atoms with Crippen molar-refractivity contribution in [1.29, 1.82) is 0 Å². The molecule has 0 bridgehead atoms. The minimum absolute atomic E-state index is 0.695. The van der Waals surface area contributed by atoms with E-state index in [1.807, 2.05) is 12.1 Å². The standard InChI is InChI=1S/C43H29N5S/c1-26-15-19-28(20-16-26)37-25-38(46-43(45-37)30-21-17-27(2)18-22-30)32-12-8-11-31(23-32)34-24-35-39(42-41(34)47-49-48-42)33-13-6-7-14-36(33)44-40(35)29-9-4-3-5-10-29/h3-25H,1-2H3. The van der Waals surface area contributed by atoms with Crippen LogP contribution in [0.4, 0.5) is 0 Å². The molecule has 0 spiro atoms. The first-order valence-electron chi connectivity index (χ1n) is 16.3. The smallest absolute Gasteiger partial charge is 0.160 e. The molecule has 9 aromatic rings. The number of hydrogen-bond acceptors (Lipinski definition) is 6. The second-order valence-electron chi connectivity index (χ2n) is 12.4. The van der Waals surface area contributed by atoms with Crippen molar-refractivity contribution in [3.63, 3.8) is 0 Å². The summed E-state index contributed by atoms with van der Waals surface area (Å²) >= 11 is 1.25. The molecular formula is C43H29N5S. The van der Waals surface area contributed by atoms with Gasteiger partial charge in [-0.15, -0.1) is 0 Å². The maximum atomic E-state index is 5.19. The third-order valence-corrected chi connectivity index (χ3v) is 9.63. The van der Waals surface area contributed by atoms with Crippen LogP contribution in [0.15, 0.2) is 140 Å². The van der Waals surface area contributed by atoms with E-state index in [1.54, 1.807) is 0 Å². The van der Waals surface area contributed by atoms with Gasteiger partial charge in [-0.25, -0.2) is 15.0 Å². The molecule has 3 aromatic heterocycles. The van der Waals surface area contributed by atoms with Crippen LogP contribution in [0, 0.1) is 13.8 Å². The topological polar surface area (TPSA) is 64.5 Å². The van der Waals surface area contributed by atoms with E-state index in [0.29, 0.717) is 5.82 Å². The molecular weight excluding hydrogens is 619 g/mol. The number of hydrogen-bond donors (Lipinski definition) is 0. The Morgan fingerprint density at radius 3 is 1.86 bits per heavy atom. The maximum Gasteiger partial charge on any atom is 0.160 e. The molecule has 0 saturated heterocycles. The monoisotopic (exact) mass is 647 g/mol. The maximum absolute atomic E-state index is 5.19. The molecule has 3 heterocycles. The van der Waals surface area contributed by atoms with E-state index in [2.05, 4.69) is 141 Å². The highest BCUT2D eigenvalue weighted by Crippen LogP contribution is 2.41. The SMILES string of the molecule is Cc1ccc(-c2cc(-c3cccc(-c4cc5c(-c6ccccc6)nc6ccccc6c5c5nsnc45)c3)nc(-c3ccc(C)cc3)n2)cc1. The Kier molecular flexibility index (Phi) is 7.03. The van der Waals surface area contributed by atoms with Crippen molar-refractivity contribution < 1.29 is 0 Å². The Morgan fingerprint density at radius 1 is 0.449 bits per heavy atom. The Labute approximate surface area is 288 Å². The van der Waals surface area contributed by atoms with Gasteiger partial charge >= 0.3 is 0 Å². The number of pyridine rings is 1. The summed E-state index contributed by atoms with van der Waals surface area (Å²) in [7, 11) is 0. The van der Waals surface area contributed by atoms with E-state index in [1.165, 1.54) is 22.9 Å². The quantitative estimate of drug-likeness (QED) is 0.174. The molecule has 0 aliphatic carbocycles. The second kappa shape index (κ2) is 11.8. The van der Waals surface area contributed by atoms with Crippen molar-refractivity contribution >= 4 is 44.4 Å². The number of nitrogens with zero attached hydrogens (tertiary/aromatic N) is 5. The highest BCUT2D eigenvalue weighted by atomic mass is 32.1. The lowest BCUT2D eigenvalue weighted by atomic mass is 9.93. The lowest BCUT2D eigenvalue weighted by molar-refractivity contribution is 1.18. The summed E-state index contributed by atoms with van der Waals surface area (Å²) < 4.78 is 9.75. The zero-order valence-corrected chi connectivity index (χ0v) is 27.7. The van der Waals surface area contributed by atoms with Crippen molar-refractivity contribution in [1.82, 2.24) is 23.7 Å². The predicted molar refractivity (Wildman–Crippen MR) is 202 cm³/mol. The predicted octanol–water partition coefficient (Wildman–Crippen LogP) is 11.1. The number of para-hydroxylation sites is 1. The third-order valence-electron chi connectivity index (χ3n) is 9.10. The first-order chi connectivity index (χ1) is 24.1. The van der Waals surface area contributed by atoms with Crippen molar-refractivity contribution in [2.45, 2.75) is 13.8 Å². The molecule has 0 unspecified atom stereocenters. The van der Waals surface area contributed by atoms with E-state index in [4.69, 9.17) is 23.7 Å². The fourth-order valence-corrected chi connectivity index (χ4v) is 7.11. The van der Waals surface area contributed by atoms with Gasteiger partial charge in [-0.2, -0.15) is 8.75 Å². The molecule has 0 aliphatic heterocycles. The van der Waals surface area contributed by atoms with E-state index in [0.717, 1.165) is 83.2 Å². The van der Waals surface area contributed by atoms with Gasteiger partial charge < -0.3 is 0 Å². The van der Waals surface area contributed by atoms with Gasteiger partial charge in [-0.1, -0.05) is 126 Å². The first-order valence-corrected chi connectivity index (χ1v) is 17.0. The Balaban J connectivity index is 1.26. The molecule has 6 heteroatoms. The Bertz CT molecular complexity index is 2600. The summed E-state index contributed by atoms with van der Waals surface area (Å²) in [5.41, 5.74) is 13.9. The number of benzene rings is 6. The van der Waals surface area contributed by atoms with E-state index >= 15 is 0 Å². The van der Waals surface area contributed by atoms with Crippen molar-refractivity contribution in [2.24, 2.45) is 0 Å². The zero-order chi connectivity index (χ0) is 32.9. The Morgan fingerprint density at radius 2 is 1.08 bits per heavy atom. The fourth-order valence-electron chi connectivity index (χ4n) is 6.55. The molecule has 5 nitrogen and oxygen atoms in total. The average Bonchev–Trinajstić information content (AvgIpc) is 3.65. The van der Waals surface area contributed by atoms with Gasteiger partial charge in [0.25, 0.3) is 0 Å². The number of aryl methyl sites for hydroxylation is 2. The van der Waals surface area contributed by atoms with Crippen molar-refractivity contribution in [3.05, 3.63) is 151 Å². The summed E-state index contributed by atoms with van der Waals surface area (Å²) in [6, 6.07) is 48.5. The van der Waals surface area contributed by atoms with E-state index < -0.39 is 0 Å². The molecule has 232 valence electrons. The molecule has 9 rings (SSSR count). The van der Waals surface area contributed by atoms with E-state index in [9.17, 15) is 0 Å². The van der Waals surface area contributed by atoms with Gasteiger partial charge in [0.1, 0.15) is 11.0 Å². The largest absolute Gasteiger partial charge is 0.247 e. The molecule has 0 saturated carbocycles. The minimum Gasteiger partial charge on any atom is -0.247 e. The third kappa shape index (κ3) is 5.23. The normalized spacial score (nSPS) is 11.5. The lowest BCUT2D eigenvalue weighted by Crippen LogP contribution is -1.96. The number of rotatable bonds is 5. The summed E-state index contributed by atoms with van der Waals surface area (Å²) in [5, 5.41) is 3.20. The van der Waals surface area contributed by atoms with Crippen LogP contribution in [0.25, 0.3) is 89.0 Å². The number of aromatic nitrogens is 5. The number of fused-ring (bicyclic) bond motifs is 5. The molecule has 0 aliphatic rings. The average molecular weight is 648 g/mol. The van der Waals surface area contributed by atoms with Gasteiger partial charge in [-0.05, 0) is 43.7 Å². The van der Waals surface area contributed by atoms with Crippen LogP contribution in [-0.4, -0.2) is 23.7 Å². The summed E-state index contributed by atoms with van der Waals surface area (Å²) in [4.78, 5) is 15.4. The molecule has 0 amide bonds. The molecule has 6 aromatic carbocycles. The van der Waals surface area contributed by atoms with Crippen LogP contribution in [0.3, 0.4) is 0 Å². The van der Waals surface area contributed by atoms with Crippen LogP contribution in [-0.2, 0) is 0 Å². The molecule has 0 atom stereocenters. The minimum atomic E-state index is 0.695. The van der Waals surface area contributed by atoms with Crippen molar-refractivity contribution in [2.75, 3.05) is 0 Å². The van der Waals surface area contributed by atoms with Crippen LogP contribution in [0.2, 0.25) is 0 Å².